The maximum absolute atomic E-state index is 13.0. The summed E-state index contributed by atoms with van der Waals surface area (Å²) >= 11 is 1.53. The predicted molar refractivity (Wildman–Crippen MR) is 145 cm³/mol. The molecule has 178 valence electrons. The van der Waals surface area contributed by atoms with Gasteiger partial charge in [-0.25, -0.2) is 9.98 Å². The van der Waals surface area contributed by atoms with Crippen LogP contribution in [0.5, 0.6) is 0 Å². The summed E-state index contributed by atoms with van der Waals surface area (Å²) < 4.78 is 0. The summed E-state index contributed by atoms with van der Waals surface area (Å²) in [5.41, 5.74) is 10.5. The van der Waals surface area contributed by atoms with Crippen molar-refractivity contribution >= 4 is 41.2 Å². The van der Waals surface area contributed by atoms with Gasteiger partial charge in [0.2, 0.25) is 5.96 Å². The Kier molecular flexibility index (Phi) is 7.16. The number of fused-ring (bicyclic) bond motifs is 1. The molecule has 2 aliphatic heterocycles. The molecule has 5 rings (SSSR count). The quantitative estimate of drug-likeness (QED) is 0.550. The molecule has 0 aliphatic carbocycles. The molecule has 1 saturated heterocycles. The smallest absolute Gasteiger partial charge is 0.264 e. The average molecular weight is 484 g/mol. The van der Waals surface area contributed by atoms with Gasteiger partial charge in [0, 0.05) is 42.3 Å². The first-order valence-electron chi connectivity index (χ1n) is 11.9. The molecule has 1 unspecified atom stereocenters. The Morgan fingerprint density at radius 2 is 1.97 bits per heavy atom. The van der Waals surface area contributed by atoms with Gasteiger partial charge >= 0.3 is 0 Å². The van der Waals surface area contributed by atoms with Gasteiger partial charge < -0.3 is 16.0 Å². The monoisotopic (exact) mass is 483 g/mol. The van der Waals surface area contributed by atoms with Crippen LogP contribution in [0.3, 0.4) is 0 Å². The van der Waals surface area contributed by atoms with Crippen LogP contribution in [0.4, 0.5) is 5.69 Å². The number of guanidine groups is 1. The second-order valence-electron chi connectivity index (χ2n) is 8.88. The van der Waals surface area contributed by atoms with Crippen LogP contribution in [-0.2, 0) is 13.0 Å². The third-order valence-corrected chi connectivity index (χ3v) is 7.25. The summed E-state index contributed by atoms with van der Waals surface area (Å²) in [5.74, 6) is 0.625. The molecule has 2 aliphatic rings. The number of allylic oxidation sites excluding steroid dienone is 1. The van der Waals surface area contributed by atoms with Crippen LogP contribution in [0.15, 0.2) is 76.7 Å². The van der Waals surface area contributed by atoms with Crippen molar-refractivity contribution in [2.45, 2.75) is 31.8 Å². The van der Waals surface area contributed by atoms with Crippen LogP contribution in [0, 0.1) is 0 Å². The van der Waals surface area contributed by atoms with Crippen molar-refractivity contribution < 1.29 is 4.79 Å². The largest absolute Gasteiger partial charge is 0.336 e. The Labute approximate surface area is 209 Å². The van der Waals surface area contributed by atoms with Crippen molar-refractivity contribution in [3.05, 3.63) is 93.2 Å². The van der Waals surface area contributed by atoms with E-state index < -0.39 is 0 Å². The number of nitrogens with zero attached hydrogens (tertiary/aromatic N) is 3. The lowest BCUT2D eigenvalue weighted by Gasteiger charge is -2.14. The van der Waals surface area contributed by atoms with Crippen LogP contribution < -0.4 is 11.1 Å². The third kappa shape index (κ3) is 5.93. The molecule has 3 aromatic rings. The van der Waals surface area contributed by atoms with Gasteiger partial charge in [0.1, 0.15) is 0 Å². The molecule has 0 bridgehead atoms. The Hall–Kier alpha value is -3.55. The van der Waals surface area contributed by atoms with Gasteiger partial charge in [-0.1, -0.05) is 48.5 Å². The number of anilines is 1. The second kappa shape index (κ2) is 10.8. The van der Waals surface area contributed by atoms with Crippen molar-refractivity contribution in [2.24, 2.45) is 15.7 Å². The van der Waals surface area contributed by atoms with E-state index in [1.165, 1.54) is 22.5 Å². The average Bonchev–Trinajstić information content (AvgIpc) is 3.49. The molecule has 1 aromatic heterocycles. The number of thiophene rings is 1. The van der Waals surface area contributed by atoms with E-state index in [1.807, 2.05) is 35.4 Å². The van der Waals surface area contributed by atoms with Crippen molar-refractivity contribution in [2.75, 3.05) is 18.4 Å². The Bertz CT molecular complexity index is 1280. The molecular weight excluding hydrogens is 454 g/mol. The van der Waals surface area contributed by atoms with Gasteiger partial charge in [-0.3, -0.25) is 4.79 Å². The summed E-state index contributed by atoms with van der Waals surface area (Å²) in [7, 11) is 0. The first kappa shape index (κ1) is 23.2. The number of nitrogens with one attached hydrogen (secondary N) is 1. The van der Waals surface area contributed by atoms with Crippen LogP contribution >= 0.6 is 11.3 Å². The summed E-state index contributed by atoms with van der Waals surface area (Å²) in [4.78, 5) is 25.9. The van der Waals surface area contributed by atoms with E-state index in [0.717, 1.165) is 40.4 Å². The van der Waals surface area contributed by atoms with Gasteiger partial charge in [-0.15, -0.1) is 11.3 Å². The first-order chi connectivity index (χ1) is 17.1. The van der Waals surface area contributed by atoms with E-state index in [1.54, 1.807) is 0 Å². The topological polar surface area (TPSA) is 83.1 Å². The summed E-state index contributed by atoms with van der Waals surface area (Å²) in [5, 5.41) is 3.38. The highest BCUT2D eigenvalue weighted by Crippen LogP contribution is 2.28. The Morgan fingerprint density at radius 3 is 2.80 bits per heavy atom. The molecule has 3 N–H and O–H groups in total. The molecule has 6 nitrogen and oxygen atoms in total. The fourth-order valence-corrected chi connectivity index (χ4v) is 5.38. The van der Waals surface area contributed by atoms with Crippen LogP contribution in [0.2, 0.25) is 0 Å². The first-order valence-corrected chi connectivity index (χ1v) is 12.8. The fraction of sp³-hybridized carbons (Fsp3) is 0.250. The summed E-state index contributed by atoms with van der Waals surface area (Å²) in [6.45, 7) is 1.80. The minimum atomic E-state index is 0.0625. The normalized spacial score (nSPS) is 18.6. The number of aliphatic imine (C=N–C) groups is 2. The zero-order chi connectivity index (χ0) is 24.0. The zero-order valence-electron chi connectivity index (χ0n) is 19.6. The highest BCUT2D eigenvalue weighted by Gasteiger charge is 2.26. The molecule has 1 fully saturated rings. The predicted octanol–water partition coefficient (Wildman–Crippen LogP) is 4.97. The molecule has 1 amide bonds. The van der Waals surface area contributed by atoms with Crippen LogP contribution in [-0.4, -0.2) is 42.1 Å². The van der Waals surface area contributed by atoms with Crippen LogP contribution in [0.25, 0.3) is 6.08 Å². The van der Waals surface area contributed by atoms with E-state index in [4.69, 9.17) is 10.7 Å². The maximum Gasteiger partial charge on any atom is 0.264 e. The van der Waals surface area contributed by atoms with Gasteiger partial charge in [0.05, 0.1) is 11.4 Å². The number of hydrogen-bond acceptors (Lipinski definition) is 6. The number of likely N-dealkylation sites (tertiary alicyclic amines) is 1. The van der Waals surface area contributed by atoms with Gasteiger partial charge in [-0.2, -0.15) is 0 Å². The van der Waals surface area contributed by atoms with E-state index in [2.05, 4.69) is 58.9 Å². The number of carbonyl (C=O) groups excluding carboxylic acids is 1. The number of amides is 1. The number of nitrogens with two attached hydrogens (primary N) is 1. The number of carbonyl (C=O) groups is 1. The molecule has 2 aromatic carbocycles. The van der Waals surface area contributed by atoms with E-state index in [0.29, 0.717) is 25.5 Å². The summed E-state index contributed by atoms with van der Waals surface area (Å²) in [6, 6.07) is 20.8. The molecule has 0 radical (unpaired) electrons. The van der Waals surface area contributed by atoms with Crippen molar-refractivity contribution in [3.8, 4) is 0 Å². The van der Waals surface area contributed by atoms with Crippen molar-refractivity contribution in [1.82, 2.24) is 4.90 Å². The molecule has 0 spiro atoms. The Balaban J connectivity index is 1.32. The minimum absolute atomic E-state index is 0.0625. The SMILES string of the molecule is NC1CCN(C(=O)c2cc3c(s2)/C=C\CC=NC(Nc2cccc(Cc4ccccc4)c2)=NC3)C1. The number of rotatable bonds is 4. The van der Waals surface area contributed by atoms with E-state index in [-0.39, 0.29) is 11.9 Å². The third-order valence-electron chi connectivity index (χ3n) is 6.12. The minimum Gasteiger partial charge on any atom is -0.336 e. The molecule has 1 atom stereocenters. The van der Waals surface area contributed by atoms with Crippen molar-refractivity contribution in [3.63, 3.8) is 0 Å². The molecule has 3 heterocycles. The Morgan fingerprint density at radius 1 is 1.11 bits per heavy atom. The fourth-order valence-electron chi connectivity index (χ4n) is 4.31. The molecule has 7 heteroatoms. The highest BCUT2D eigenvalue weighted by molar-refractivity contribution is 7.15. The summed E-state index contributed by atoms with van der Waals surface area (Å²) in [6.07, 6.45) is 8.42. The lowest BCUT2D eigenvalue weighted by atomic mass is 10.0. The highest BCUT2D eigenvalue weighted by atomic mass is 32.1. The molecule has 0 saturated carbocycles. The van der Waals surface area contributed by atoms with Crippen LogP contribution in [0.1, 0.15) is 44.1 Å². The maximum atomic E-state index is 13.0. The van der Waals surface area contributed by atoms with Gasteiger partial charge in [0.15, 0.2) is 0 Å². The number of benzene rings is 2. The zero-order valence-corrected chi connectivity index (χ0v) is 20.4. The van der Waals surface area contributed by atoms with E-state index >= 15 is 0 Å². The van der Waals surface area contributed by atoms with Crippen molar-refractivity contribution in [1.29, 1.82) is 0 Å². The lowest BCUT2D eigenvalue weighted by Crippen LogP contribution is -2.31. The lowest BCUT2D eigenvalue weighted by molar-refractivity contribution is 0.0795. The van der Waals surface area contributed by atoms with Gasteiger partial charge in [-0.05, 0) is 53.8 Å². The van der Waals surface area contributed by atoms with E-state index in [9.17, 15) is 4.79 Å². The second-order valence-corrected chi connectivity index (χ2v) is 9.96. The van der Waals surface area contributed by atoms with Gasteiger partial charge in [0.25, 0.3) is 5.91 Å². The molecule has 35 heavy (non-hydrogen) atoms. The standard InChI is InChI=1S/C28H29N5OS/c29-23-12-14-33(19-23)27(34)26-17-22-18-31-28(30-13-5-4-11-25(22)35-26)32-24-10-6-9-21(16-24)15-20-7-2-1-3-8-20/h1-4,6-11,13,16-17,23H,5,12,14-15,18-19,29H2,(H,31,32)/b11-4-,30-13?. The molecular formula is C28H29N5OS. The number of hydrogen-bond donors (Lipinski definition) is 2.